The van der Waals surface area contributed by atoms with Gasteiger partial charge in [-0.15, -0.1) is 0 Å². The highest BCUT2D eigenvalue weighted by Gasteiger charge is 2.33. The molecule has 0 radical (unpaired) electrons. The third-order valence-electron chi connectivity index (χ3n) is 9.05. The van der Waals surface area contributed by atoms with Crippen molar-refractivity contribution in [1.82, 2.24) is 9.88 Å². The molecule has 212 valence electrons. The lowest BCUT2D eigenvalue weighted by molar-refractivity contribution is 0.0951. The zero-order chi connectivity index (χ0) is 28.1. The summed E-state index contributed by atoms with van der Waals surface area (Å²) in [7, 11) is 0. The highest BCUT2D eigenvalue weighted by molar-refractivity contribution is 6.02. The predicted molar refractivity (Wildman–Crippen MR) is 160 cm³/mol. The van der Waals surface area contributed by atoms with Gasteiger partial charge < -0.3 is 25.3 Å². The summed E-state index contributed by atoms with van der Waals surface area (Å²) < 4.78 is 24.1. The Kier molecular flexibility index (Phi) is 6.66. The normalized spacial score (nSPS) is 18.2. The second kappa shape index (κ2) is 10.5. The zero-order valence-electron chi connectivity index (χ0n) is 23.1. The van der Waals surface area contributed by atoms with Gasteiger partial charge in [0.2, 0.25) is 5.43 Å². The number of rotatable bonds is 7. The van der Waals surface area contributed by atoms with E-state index in [9.17, 15) is 9.59 Å². The minimum absolute atomic E-state index is 0.00408. The molecule has 7 rings (SSSR count). The van der Waals surface area contributed by atoms with E-state index in [2.05, 4.69) is 5.32 Å². The number of carbonyl (C=O) groups excluding carboxylic acids is 1. The molecule has 3 aromatic carbocycles. The molecule has 2 fully saturated rings. The van der Waals surface area contributed by atoms with E-state index in [1.165, 1.54) is 38.2 Å². The molecule has 1 aromatic heterocycles. The topological polar surface area (TPSA) is 89.6 Å². The van der Waals surface area contributed by atoms with Gasteiger partial charge in [-0.25, -0.2) is 4.39 Å². The fourth-order valence-electron chi connectivity index (χ4n) is 6.89. The van der Waals surface area contributed by atoms with Crippen LogP contribution in [0.5, 0.6) is 11.5 Å². The smallest absolute Gasteiger partial charge is 0.256 e. The van der Waals surface area contributed by atoms with Crippen LogP contribution < -0.4 is 26.1 Å². The van der Waals surface area contributed by atoms with Crippen molar-refractivity contribution < 1.29 is 13.9 Å². The summed E-state index contributed by atoms with van der Waals surface area (Å²) in [6.07, 6.45) is 10.7. The van der Waals surface area contributed by atoms with Crippen LogP contribution in [0.1, 0.15) is 61.7 Å². The number of carbonyl (C=O) groups is 1. The second-order valence-electron chi connectivity index (χ2n) is 11.8. The number of ether oxygens (including phenoxy) is 1. The van der Waals surface area contributed by atoms with E-state index in [1.54, 1.807) is 6.20 Å². The second-order valence-corrected chi connectivity index (χ2v) is 11.8. The van der Waals surface area contributed by atoms with E-state index in [0.29, 0.717) is 42.3 Å². The molecule has 3 heterocycles. The Bertz CT molecular complexity index is 1730. The average Bonchev–Trinajstić information content (AvgIpc) is 3.65. The molecule has 1 unspecified atom stereocenters. The Morgan fingerprint density at radius 2 is 1.85 bits per heavy atom. The first-order valence-electron chi connectivity index (χ1n) is 14.9. The van der Waals surface area contributed by atoms with Crippen molar-refractivity contribution in [2.45, 2.75) is 57.4 Å². The van der Waals surface area contributed by atoms with Gasteiger partial charge in [-0.1, -0.05) is 62.8 Å². The number of amides is 1. The van der Waals surface area contributed by atoms with Gasteiger partial charge in [-0.05, 0) is 47.7 Å². The number of aromatic nitrogens is 1. The van der Waals surface area contributed by atoms with E-state index in [-0.39, 0.29) is 22.7 Å². The zero-order valence-corrected chi connectivity index (χ0v) is 23.1. The Balaban J connectivity index is 1.30. The lowest BCUT2D eigenvalue weighted by Crippen LogP contribution is -2.31. The third-order valence-corrected chi connectivity index (χ3v) is 9.05. The van der Waals surface area contributed by atoms with Crippen LogP contribution >= 0.6 is 0 Å². The number of pyridine rings is 1. The third kappa shape index (κ3) is 4.64. The van der Waals surface area contributed by atoms with E-state index >= 15 is 4.39 Å². The molecule has 0 bridgehead atoms. The van der Waals surface area contributed by atoms with Crippen LogP contribution in [-0.4, -0.2) is 36.2 Å². The lowest BCUT2D eigenvalue weighted by Gasteiger charge is -2.29. The highest BCUT2D eigenvalue weighted by Crippen LogP contribution is 2.48. The minimum atomic E-state index is -0.557. The number of fused-ring (bicyclic) bond motifs is 3. The molecule has 1 atom stereocenters. The van der Waals surface area contributed by atoms with E-state index in [4.69, 9.17) is 10.5 Å². The molecule has 1 saturated carbocycles. The number of halogens is 1. The largest absolute Gasteiger partial charge is 0.451 e. The van der Waals surface area contributed by atoms with Crippen molar-refractivity contribution in [3.63, 3.8) is 0 Å². The van der Waals surface area contributed by atoms with Crippen molar-refractivity contribution in [2.75, 3.05) is 24.5 Å². The molecule has 3 N–H and O–H groups in total. The summed E-state index contributed by atoms with van der Waals surface area (Å²) in [4.78, 5) is 28.9. The van der Waals surface area contributed by atoms with Crippen molar-refractivity contribution in [1.29, 1.82) is 0 Å². The first-order valence-corrected chi connectivity index (χ1v) is 14.9. The Labute approximate surface area is 238 Å². The fourth-order valence-corrected chi connectivity index (χ4v) is 6.89. The van der Waals surface area contributed by atoms with Crippen LogP contribution in [0.2, 0.25) is 0 Å². The molecule has 4 aromatic rings. The number of unbranched alkanes of at least 4 members (excludes halogenated alkanes) is 1. The monoisotopic (exact) mass is 554 g/mol. The molecule has 41 heavy (non-hydrogen) atoms. The van der Waals surface area contributed by atoms with Crippen LogP contribution in [0.3, 0.4) is 0 Å². The van der Waals surface area contributed by atoms with E-state index < -0.39 is 17.2 Å². The quantitative estimate of drug-likeness (QED) is 0.240. The number of nitrogens with two attached hydrogens (primary N) is 1. The van der Waals surface area contributed by atoms with Crippen molar-refractivity contribution >= 4 is 33.3 Å². The van der Waals surface area contributed by atoms with Crippen molar-refractivity contribution in [3.05, 3.63) is 70.3 Å². The number of hydrogen-bond acceptors (Lipinski definition) is 5. The number of anilines is 1. The van der Waals surface area contributed by atoms with Gasteiger partial charge in [0.25, 0.3) is 5.91 Å². The van der Waals surface area contributed by atoms with Crippen LogP contribution in [-0.2, 0) is 0 Å². The molecule has 8 heteroatoms. The number of nitrogens with zero attached hydrogens (tertiary/aromatic N) is 2. The van der Waals surface area contributed by atoms with Gasteiger partial charge in [-0.2, -0.15) is 0 Å². The molecule has 0 spiro atoms. The Morgan fingerprint density at radius 1 is 1.07 bits per heavy atom. The van der Waals surface area contributed by atoms with Crippen molar-refractivity contribution in [3.8, 4) is 17.2 Å². The van der Waals surface area contributed by atoms with Crippen LogP contribution in [0.25, 0.3) is 27.4 Å². The first-order chi connectivity index (χ1) is 20.0. The average molecular weight is 555 g/mol. The first kappa shape index (κ1) is 26.0. The molecular formula is C33H35FN4O3. The molecule has 1 saturated heterocycles. The van der Waals surface area contributed by atoms with Gasteiger partial charge in [0, 0.05) is 31.9 Å². The molecular weight excluding hydrogens is 519 g/mol. The van der Waals surface area contributed by atoms with E-state index in [1.807, 2.05) is 45.9 Å². The maximum absolute atomic E-state index is 15.8. The minimum Gasteiger partial charge on any atom is -0.451 e. The van der Waals surface area contributed by atoms with Crippen LogP contribution in [0, 0.1) is 11.7 Å². The summed E-state index contributed by atoms with van der Waals surface area (Å²) in [6.45, 7) is 1.59. The molecule has 3 aliphatic rings. The van der Waals surface area contributed by atoms with Gasteiger partial charge in [0.1, 0.15) is 16.8 Å². The number of benzene rings is 3. The summed E-state index contributed by atoms with van der Waals surface area (Å²) in [6, 6.07) is 13.0. The van der Waals surface area contributed by atoms with Crippen molar-refractivity contribution in [2.24, 2.45) is 11.7 Å². The van der Waals surface area contributed by atoms with Gasteiger partial charge in [-0.3, -0.25) is 9.59 Å². The molecule has 1 amide bonds. The summed E-state index contributed by atoms with van der Waals surface area (Å²) >= 11 is 0. The fraction of sp³-hybridized carbons (Fsp3) is 0.394. The lowest BCUT2D eigenvalue weighted by atomic mass is 10.0. The maximum Gasteiger partial charge on any atom is 0.256 e. The Hall–Kier alpha value is -3.91. The van der Waals surface area contributed by atoms with Crippen LogP contribution in [0.15, 0.2) is 53.5 Å². The maximum atomic E-state index is 15.8. The highest BCUT2D eigenvalue weighted by atomic mass is 19.1. The predicted octanol–water partition coefficient (Wildman–Crippen LogP) is 6.02. The van der Waals surface area contributed by atoms with Crippen LogP contribution in [0.4, 0.5) is 10.1 Å². The van der Waals surface area contributed by atoms with Gasteiger partial charge >= 0.3 is 0 Å². The Morgan fingerprint density at radius 3 is 2.61 bits per heavy atom. The number of hydrogen-bond donors (Lipinski definition) is 2. The summed E-state index contributed by atoms with van der Waals surface area (Å²) in [5, 5.41) is 5.03. The van der Waals surface area contributed by atoms with Gasteiger partial charge in [0.15, 0.2) is 17.3 Å². The molecule has 7 nitrogen and oxygen atoms in total. The summed E-state index contributed by atoms with van der Waals surface area (Å²) in [5.74, 6) is 0.640. The molecule has 1 aliphatic carbocycles. The standard InChI is InChI=1S/C33H35FN4O3/c34-26-17-24-29-32(30(26)37-14-12-23(35)18-37)41-28-16-22-11-4-3-10-21(22)15-27(28)38(29)19-25(31(24)39)33(40)36-13-6-5-9-20-7-1-2-8-20/h3-4,10-11,15-17,19-20,23H,1-2,5-9,12-14,18,35H2,(H,36,40). The SMILES string of the molecule is NC1CCN(c2c(F)cc3c(=O)c(C(=O)NCCCCC4CCCC4)cn4c3c2Oc2cc3ccccc3cc2-4)C1. The van der Waals surface area contributed by atoms with Gasteiger partial charge in [0.05, 0.1) is 11.1 Å². The molecule has 2 aliphatic heterocycles. The summed E-state index contributed by atoms with van der Waals surface area (Å²) in [5.41, 5.74) is 7.12. The van der Waals surface area contributed by atoms with E-state index in [0.717, 1.165) is 36.0 Å². The number of nitrogens with one attached hydrogen (secondary N) is 1.